The first-order valence-corrected chi connectivity index (χ1v) is 5.23. The van der Waals surface area contributed by atoms with Crippen molar-refractivity contribution in [1.82, 2.24) is 9.88 Å². The molecular formula is C11H17F3N2. The molecule has 0 radical (unpaired) electrons. The highest BCUT2D eigenvalue weighted by molar-refractivity contribution is 5.16. The van der Waals surface area contributed by atoms with Crippen LogP contribution >= 0.6 is 0 Å². The Balaban J connectivity index is 2.78. The quantitative estimate of drug-likeness (QED) is 0.847. The number of aromatic nitrogens is 1. The molecule has 1 N–H and O–H groups in total. The van der Waals surface area contributed by atoms with Gasteiger partial charge in [-0.25, -0.2) is 0 Å². The van der Waals surface area contributed by atoms with Crippen molar-refractivity contribution >= 4 is 0 Å². The largest absolute Gasteiger partial charge is 0.406 e. The number of nitrogens with one attached hydrogen (secondary N) is 1. The van der Waals surface area contributed by atoms with E-state index in [4.69, 9.17) is 0 Å². The second kappa shape index (κ2) is 4.91. The number of hydrogen-bond acceptors (Lipinski definition) is 1. The Hall–Kier alpha value is -0.970. The Morgan fingerprint density at radius 2 is 2.00 bits per heavy atom. The Morgan fingerprint density at radius 1 is 1.38 bits per heavy atom. The minimum absolute atomic E-state index is 0.0921. The van der Waals surface area contributed by atoms with Crippen molar-refractivity contribution in [2.45, 2.75) is 32.6 Å². The standard InChI is InChI=1S/C11H17F3N2/c1-8(2)10(15-3)9-4-5-16(6-9)7-11(12,13)14/h4-6,8,10,15H,7H2,1-3H3. The molecule has 1 rings (SSSR count). The first-order chi connectivity index (χ1) is 7.33. The Bertz CT molecular complexity index is 328. The van der Waals surface area contributed by atoms with Gasteiger partial charge in [-0.05, 0) is 24.6 Å². The summed E-state index contributed by atoms with van der Waals surface area (Å²) in [6, 6.07) is 1.82. The SMILES string of the molecule is CNC(c1ccn(CC(F)(F)F)c1)C(C)C. The van der Waals surface area contributed by atoms with E-state index >= 15 is 0 Å². The molecular weight excluding hydrogens is 217 g/mol. The van der Waals surface area contributed by atoms with Crippen LogP contribution in [0.5, 0.6) is 0 Å². The van der Waals surface area contributed by atoms with Crippen molar-refractivity contribution in [3.63, 3.8) is 0 Å². The van der Waals surface area contributed by atoms with Crippen LogP contribution in [0.1, 0.15) is 25.5 Å². The Kier molecular flexibility index (Phi) is 4.02. The maximum absolute atomic E-state index is 12.2. The average Bonchev–Trinajstić information content (AvgIpc) is 2.50. The second-order valence-electron chi connectivity index (χ2n) is 4.24. The fraction of sp³-hybridized carbons (Fsp3) is 0.636. The van der Waals surface area contributed by atoms with Crippen molar-refractivity contribution in [2.24, 2.45) is 5.92 Å². The number of alkyl halides is 3. The topological polar surface area (TPSA) is 17.0 Å². The van der Waals surface area contributed by atoms with E-state index in [-0.39, 0.29) is 6.04 Å². The number of hydrogen-bond donors (Lipinski definition) is 1. The Morgan fingerprint density at radius 3 is 2.44 bits per heavy atom. The van der Waals surface area contributed by atoms with E-state index in [2.05, 4.69) is 5.32 Å². The minimum Gasteiger partial charge on any atom is -0.345 e. The van der Waals surface area contributed by atoms with Gasteiger partial charge in [0.25, 0.3) is 0 Å². The van der Waals surface area contributed by atoms with Crippen LogP contribution in [0.4, 0.5) is 13.2 Å². The van der Waals surface area contributed by atoms with Gasteiger partial charge in [-0.3, -0.25) is 0 Å². The lowest BCUT2D eigenvalue weighted by molar-refractivity contribution is -0.140. The van der Waals surface area contributed by atoms with Gasteiger partial charge < -0.3 is 9.88 Å². The van der Waals surface area contributed by atoms with Crippen LogP contribution in [0.15, 0.2) is 18.5 Å². The van der Waals surface area contributed by atoms with E-state index in [0.29, 0.717) is 5.92 Å². The van der Waals surface area contributed by atoms with Crippen LogP contribution in [0.2, 0.25) is 0 Å². The molecule has 0 bridgehead atoms. The van der Waals surface area contributed by atoms with Gasteiger partial charge in [0, 0.05) is 18.4 Å². The first kappa shape index (κ1) is 13.1. The highest BCUT2D eigenvalue weighted by Crippen LogP contribution is 2.23. The van der Waals surface area contributed by atoms with Gasteiger partial charge in [-0.15, -0.1) is 0 Å². The lowest BCUT2D eigenvalue weighted by Gasteiger charge is -2.18. The highest BCUT2D eigenvalue weighted by atomic mass is 19.4. The molecule has 0 aliphatic carbocycles. The molecule has 1 atom stereocenters. The molecule has 1 unspecified atom stereocenters. The molecule has 0 aliphatic heterocycles. The lowest BCUT2D eigenvalue weighted by atomic mass is 9.99. The molecule has 0 fully saturated rings. The van der Waals surface area contributed by atoms with Gasteiger partial charge in [0.05, 0.1) is 0 Å². The van der Waals surface area contributed by atoms with Crippen LogP contribution in [0.25, 0.3) is 0 Å². The van der Waals surface area contributed by atoms with E-state index in [9.17, 15) is 13.2 Å². The molecule has 1 heterocycles. The monoisotopic (exact) mass is 234 g/mol. The minimum atomic E-state index is -4.16. The number of nitrogens with zero attached hydrogens (tertiary/aromatic N) is 1. The van der Waals surface area contributed by atoms with E-state index in [1.165, 1.54) is 10.8 Å². The normalized spacial score (nSPS) is 14.4. The summed E-state index contributed by atoms with van der Waals surface area (Å²) >= 11 is 0. The second-order valence-corrected chi connectivity index (χ2v) is 4.24. The third-order valence-corrected chi connectivity index (χ3v) is 2.47. The fourth-order valence-electron chi connectivity index (χ4n) is 1.83. The zero-order valence-electron chi connectivity index (χ0n) is 9.67. The van der Waals surface area contributed by atoms with Crippen molar-refractivity contribution in [1.29, 1.82) is 0 Å². The number of rotatable bonds is 4. The van der Waals surface area contributed by atoms with Crippen LogP contribution in [0, 0.1) is 5.92 Å². The smallest absolute Gasteiger partial charge is 0.345 e. The van der Waals surface area contributed by atoms with Crippen molar-refractivity contribution in [3.05, 3.63) is 24.0 Å². The van der Waals surface area contributed by atoms with E-state index in [1.54, 1.807) is 12.3 Å². The van der Waals surface area contributed by atoms with Crippen LogP contribution in [-0.2, 0) is 6.54 Å². The van der Waals surface area contributed by atoms with Crippen molar-refractivity contribution in [3.8, 4) is 0 Å². The molecule has 0 saturated heterocycles. The van der Waals surface area contributed by atoms with E-state index in [1.807, 2.05) is 20.9 Å². The molecule has 2 nitrogen and oxygen atoms in total. The van der Waals surface area contributed by atoms with Gasteiger partial charge in [-0.1, -0.05) is 13.8 Å². The molecule has 0 aromatic carbocycles. The molecule has 1 aromatic heterocycles. The summed E-state index contributed by atoms with van der Waals surface area (Å²) in [6.07, 6.45) is -1.15. The maximum atomic E-state index is 12.2. The van der Waals surface area contributed by atoms with E-state index in [0.717, 1.165) is 5.56 Å². The molecule has 5 heteroatoms. The molecule has 0 spiro atoms. The summed E-state index contributed by atoms with van der Waals surface area (Å²) in [5.41, 5.74) is 0.891. The fourth-order valence-corrected chi connectivity index (χ4v) is 1.83. The Labute approximate surface area is 93.5 Å². The third kappa shape index (κ3) is 3.56. The van der Waals surface area contributed by atoms with E-state index < -0.39 is 12.7 Å². The van der Waals surface area contributed by atoms with Crippen LogP contribution in [-0.4, -0.2) is 17.8 Å². The lowest BCUT2D eigenvalue weighted by Crippen LogP contribution is -2.21. The first-order valence-electron chi connectivity index (χ1n) is 5.23. The average molecular weight is 234 g/mol. The third-order valence-electron chi connectivity index (χ3n) is 2.47. The predicted octanol–water partition coefficient (Wildman–Crippen LogP) is 2.97. The summed E-state index contributed by atoms with van der Waals surface area (Å²) in [7, 11) is 1.81. The summed E-state index contributed by atoms with van der Waals surface area (Å²) in [4.78, 5) is 0. The van der Waals surface area contributed by atoms with Crippen molar-refractivity contribution < 1.29 is 13.2 Å². The van der Waals surface area contributed by atoms with Crippen LogP contribution in [0.3, 0.4) is 0 Å². The molecule has 0 aliphatic rings. The summed E-state index contributed by atoms with van der Waals surface area (Å²) in [5, 5.41) is 3.10. The summed E-state index contributed by atoms with van der Waals surface area (Å²) in [5.74, 6) is 0.340. The van der Waals surface area contributed by atoms with Gasteiger partial charge in [-0.2, -0.15) is 13.2 Å². The summed E-state index contributed by atoms with van der Waals surface area (Å²) < 4.78 is 37.6. The zero-order chi connectivity index (χ0) is 12.3. The molecule has 0 amide bonds. The molecule has 16 heavy (non-hydrogen) atoms. The molecule has 1 aromatic rings. The van der Waals surface area contributed by atoms with Crippen LogP contribution < -0.4 is 5.32 Å². The van der Waals surface area contributed by atoms with Gasteiger partial charge in [0.15, 0.2) is 0 Å². The zero-order valence-corrected chi connectivity index (χ0v) is 9.67. The van der Waals surface area contributed by atoms with Gasteiger partial charge in [0.1, 0.15) is 6.54 Å². The van der Waals surface area contributed by atoms with Gasteiger partial charge in [0.2, 0.25) is 0 Å². The predicted molar refractivity (Wildman–Crippen MR) is 57.1 cm³/mol. The maximum Gasteiger partial charge on any atom is 0.406 e. The van der Waals surface area contributed by atoms with Gasteiger partial charge >= 0.3 is 6.18 Å². The molecule has 0 saturated carbocycles. The highest BCUT2D eigenvalue weighted by Gasteiger charge is 2.28. The number of halogens is 3. The summed E-state index contributed by atoms with van der Waals surface area (Å²) in [6.45, 7) is 3.13. The van der Waals surface area contributed by atoms with Crippen molar-refractivity contribution in [2.75, 3.05) is 7.05 Å². The molecule has 92 valence electrons.